The summed E-state index contributed by atoms with van der Waals surface area (Å²) < 4.78 is 5.64. The summed E-state index contributed by atoms with van der Waals surface area (Å²) in [4.78, 5) is 8.28. The van der Waals surface area contributed by atoms with Crippen molar-refractivity contribution in [2.45, 2.75) is 45.9 Å². The summed E-state index contributed by atoms with van der Waals surface area (Å²) in [5, 5.41) is 1.10. The third-order valence-corrected chi connectivity index (χ3v) is 4.30. The smallest absolute Gasteiger partial charge is 0.186 e. The van der Waals surface area contributed by atoms with Crippen LogP contribution in [0, 0.1) is 0 Å². The summed E-state index contributed by atoms with van der Waals surface area (Å²) in [6, 6.07) is 0.396. The molecule has 5 heteroatoms. The molecule has 1 fully saturated rings. The van der Waals surface area contributed by atoms with Crippen LogP contribution in [0.3, 0.4) is 0 Å². The zero-order valence-electron chi connectivity index (χ0n) is 10.8. The lowest BCUT2D eigenvalue weighted by Crippen LogP contribution is -2.47. The lowest BCUT2D eigenvalue weighted by molar-refractivity contribution is 0.0343. The summed E-state index contributed by atoms with van der Waals surface area (Å²) in [5.74, 6) is 0. The van der Waals surface area contributed by atoms with Gasteiger partial charge in [0.15, 0.2) is 5.13 Å². The molecule has 2 rings (SSSR count). The normalized spacial score (nSPS) is 25.3. The van der Waals surface area contributed by atoms with Crippen LogP contribution in [0.5, 0.6) is 0 Å². The maximum atomic E-state index is 5.76. The van der Waals surface area contributed by atoms with E-state index in [2.05, 4.69) is 25.7 Å². The minimum atomic E-state index is 0.279. The summed E-state index contributed by atoms with van der Waals surface area (Å²) in [6.45, 7) is 8.71. The van der Waals surface area contributed by atoms with Crippen LogP contribution in [0.4, 0.5) is 5.13 Å². The standard InChI is InChI=1S/C12H21N3OS/c1-4-10-11(5-13)17-12(14-10)15-6-9(3)16-7-8(15)2/h8-9H,4-7,13H2,1-3H3. The predicted octanol–water partition coefficient (Wildman–Crippen LogP) is 1.78. The Bertz CT molecular complexity index is 358. The van der Waals surface area contributed by atoms with E-state index in [0.717, 1.165) is 30.4 Å². The van der Waals surface area contributed by atoms with E-state index in [1.165, 1.54) is 4.88 Å². The van der Waals surface area contributed by atoms with Gasteiger partial charge in [-0.05, 0) is 20.3 Å². The number of nitrogens with two attached hydrogens (primary N) is 1. The van der Waals surface area contributed by atoms with Crippen LogP contribution < -0.4 is 10.6 Å². The maximum absolute atomic E-state index is 5.76. The Morgan fingerprint density at radius 2 is 2.29 bits per heavy atom. The van der Waals surface area contributed by atoms with E-state index in [0.29, 0.717) is 12.6 Å². The van der Waals surface area contributed by atoms with E-state index >= 15 is 0 Å². The van der Waals surface area contributed by atoms with Crippen LogP contribution in [-0.4, -0.2) is 30.3 Å². The van der Waals surface area contributed by atoms with Gasteiger partial charge in [0.05, 0.1) is 24.4 Å². The van der Waals surface area contributed by atoms with E-state index in [9.17, 15) is 0 Å². The minimum Gasteiger partial charge on any atom is -0.375 e. The number of thiazole rings is 1. The second kappa shape index (κ2) is 5.33. The topological polar surface area (TPSA) is 51.4 Å². The first-order valence-corrected chi connectivity index (χ1v) is 7.04. The zero-order valence-corrected chi connectivity index (χ0v) is 11.6. The van der Waals surface area contributed by atoms with Crippen molar-refractivity contribution < 1.29 is 4.74 Å². The van der Waals surface area contributed by atoms with Gasteiger partial charge >= 0.3 is 0 Å². The first-order chi connectivity index (χ1) is 8.15. The summed E-state index contributed by atoms with van der Waals surface area (Å²) in [5.41, 5.74) is 6.91. The second-order valence-corrected chi connectivity index (χ2v) is 5.63. The van der Waals surface area contributed by atoms with Gasteiger partial charge in [-0.2, -0.15) is 0 Å². The zero-order chi connectivity index (χ0) is 12.4. The van der Waals surface area contributed by atoms with Crippen LogP contribution >= 0.6 is 11.3 Å². The minimum absolute atomic E-state index is 0.279. The molecule has 1 saturated heterocycles. The van der Waals surface area contributed by atoms with Crippen molar-refractivity contribution in [1.29, 1.82) is 0 Å². The van der Waals surface area contributed by atoms with E-state index in [-0.39, 0.29) is 6.10 Å². The molecule has 2 heterocycles. The highest BCUT2D eigenvalue weighted by Gasteiger charge is 2.26. The molecule has 1 aliphatic heterocycles. The Labute approximate surface area is 107 Å². The number of hydrogen-bond donors (Lipinski definition) is 1. The average Bonchev–Trinajstić information content (AvgIpc) is 2.75. The van der Waals surface area contributed by atoms with Crippen LogP contribution in [0.2, 0.25) is 0 Å². The van der Waals surface area contributed by atoms with Crippen LogP contribution in [0.25, 0.3) is 0 Å². The molecule has 0 bridgehead atoms. The van der Waals surface area contributed by atoms with E-state index < -0.39 is 0 Å². The summed E-state index contributed by atoms with van der Waals surface area (Å²) in [6.07, 6.45) is 1.23. The Hall–Kier alpha value is -0.650. The van der Waals surface area contributed by atoms with Gasteiger partial charge in [0.25, 0.3) is 0 Å². The third-order valence-electron chi connectivity index (χ3n) is 3.14. The first-order valence-electron chi connectivity index (χ1n) is 6.22. The van der Waals surface area contributed by atoms with Crippen molar-refractivity contribution in [3.05, 3.63) is 10.6 Å². The molecule has 1 aromatic rings. The molecular weight excluding hydrogens is 234 g/mol. The first kappa shape index (κ1) is 12.8. The number of morpholine rings is 1. The maximum Gasteiger partial charge on any atom is 0.186 e. The number of aromatic nitrogens is 1. The Kier molecular flexibility index (Phi) is 4.01. The summed E-state index contributed by atoms with van der Waals surface area (Å²) in [7, 11) is 0. The number of aryl methyl sites for hydroxylation is 1. The number of rotatable bonds is 3. The fraction of sp³-hybridized carbons (Fsp3) is 0.750. The monoisotopic (exact) mass is 255 g/mol. The molecular formula is C12H21N3OS. The van der Waals surface area contributed by atoms with Gasteiger partial charge in [0.2, 0.25) is 0 Å². The predicted molar refractivity (Wildman–Crippen MR) is 71.6 cm³/mol. The van der Waals surface area contributed by atoms with Gasteiger partial charge < -0.3 is 15.4 Å². The quantitative estimate of drug-likeness (QED) is 0.894. The van der Waals surface area contributed by atoms with Crippen molar-refractivity contribution in [2.24, 2.45) is 5.73 Å². The Morgan fingerprint density at radius 1 is 1.53 bits per heavy atom. The number of ether oxygens (including phenoxy) is 1. The van der Waals surface area contributed by atoms with Crippen molar-refractivity contribution >= 4 is 16.5 Å². The molecule has 4 nitrogen and oxygen atoms in total. The van der Waals surface area contributed by atoms with Gasteiger partial charge in [-0.15, -0.1) is 11.3 Å². The lowest BCUT2D eigenvalue weighted by Gasteiger charge is -2.36. The lowest BCUT2D eigenvalue weighted by atomic mass is 10.2. The molecule has 1 aliphatic rings. The van der Waals surface area contributed by atoms with Gasteiger partial charge in [0, 0.05) is 18.0 Å². The van der Waals surface area contributed by atoms with Crippen molar-refractivity contribution in [3.63, 3.8) is 0 Å². The van der Waals surface area contributed by atoms with Gasteiger partial charge in [-0.3, -0.25) is 0 Å². The SMILES string of the molecule is CCc1nc(N2CC(C)OCC2C)sc1CN. The molecule has 0 radical (unpaired) electrons. The van der Waals surface area contributed by atoms with Crippen molar-refractivity contribution in [3.8, 4) is 0 Å². The molecule has 96 valence electrons. The highest BCUT2D eigenvalue weighted by Crippen LogP contribution is 2.29. The number of hydrogen-bond acceptors (Lipinski definition) is 5. The molecule has 0 aliphatic carbocycles. The molecule has 2 atom stereocenters. The molecule has 0 aromatic carbocycles. The van der Waals surface area contributed by atoms with E-state index in [1.54, 1.807) is 11.3 Å². The molecule has 1 aromatic heterocycles. The van der Waals surface area contributed by atoms with Gasteiger partial charge in [-0.1, -0.05) is 6.92 Å². The largest absolute Gasteiger partial charge is 0.375 e. The van der Waals surface area contributed by atoms with Crippen LogP contribution in [0.15, 0.2) is 0 Å². The molecule has 17 heavy (non-hydrogen) atoms. The van der Waals surface area contributed by atoms with Gasteiger partial charge in [0.1, 0.15) is 0 Å². The fourth-order valence-corrected chi connectivity index (χ4v) is 3.24. The van der Waals surface area contributed by atoms with Gasteiger partial charge in [-0.25, -0.2) is 4.98 Å². The molecule has 0 amide bonds. The van der Waals surface area contributed by atoms with Crippen molar-refractivity contribution in [1.82, 2.24) is 4.98 Å². The Balaban J connectivity index is 2.23. The number of nitrogens with zero attached hydrogens (tertiary/aromatic N) is 2. The fourth-order valence-electron chi connectivity index (χ4n) is 2.10. The number of anilines is 1. The van der Waals surface area contributed by atoms with E-state index in [4.69, 9.17) is 15.5 Å². The molecule has 0 saturated carbocycles. The average molecular weight is 255 g/mol. The van der Waals surface area contributed by atoms with Crippen LogP contribution in [-0.2, 0) is 17.7 Å². The third kappa shape index (κ3) is 2.61. The van der Waals surface area contributed by atoms with Crippen molar-refractivity contribution in [2.75, 3.05) is 18.1 Å². The second-order valence-electron chi connectivity index (χ2n) is 4.57. The molecule has 2 N–H and O–H groups in total. The van der Waals surface area contributed by atoms with E-state index in [1.807, 2.05) is 0 Å². The van der Waals surface area contributed by atoms with Crippen LogP contribution in [0.1, 0.15) is 31.3 Å². The molecule has 2 unspecified atom stereocenters. The highest BCUT2D eigenvalue weighted by molar-refractivity contribution is 7.15. The Morgan fingerprint density at radius 3 is 2.88 bits per heavy atom. The molecule has 0 spiro atoms. The summed E-state index contributed by atoms with van der Waals surface area (Å²) >= 11 is 1.73. The highest BCUT2D eigenvalue weighted by atomic mass is 32.1.